The topological polar surface area (TPSA) is 105 Å². The molecule has 0 aliphatic rings. The lowest BCUT2D eigenvalue weighted by atomic mass is 10.4. The molecule has 0 spiro atoms. The maximum atomic E-state index is 10.5. The Balaban J connectivity index is 4.70. The van der Waals surface area contributed by atoms with Gasteiger partial charge in [-0.25, -0.2) is 0 Å². The third-order valence-corrected chi connectivity index (χ3v) is 0.867. The zero-order valence-electron chi connectivity index (χ0n) is 6.74. The molecule has 0 unspecified atom stereocenters. The number of hydrogen-bond acceptors (Lipinski definition) is 4. The van der Waals surface area contributed by atoms with Crippen molar-refractivity contribution in [2.45, 2.75) is 13.8 Å². The zero-order chi connectivity index (χ0) is 9.72. The molecular weight excluding hydrogens is 162 g/mol. The second-order valence-electron chi connectivity index (χ2n) is 2.02. The average molecular weight is 171 g/mol. The Kier molecular flexibility index (Phi) is 3.61. The van der Waals surface area contributed by atoms with E-state index >= 15 is 0 Å². The van der Waals surface area contributed by atoms with E-state index in [0.717, 1.165) is 6.92 Å². The van der Waals surface area contributed by atoms with Crippen molar-refractivity contribution in [3.8, 4) is 0 Å². The van der Waals surface area contributed by atoms with Crippen LogP contribution in [0.15, 0.2) is 21.7 Å². The molecule has 0 heterocycles. The first-order valence-electron chi connectivity index (χ1n) is 3.07. The molecule has 6 heteroatoms. The van der Waals surface area contributed by atoms with Gasteiger partial charge in [0, 0.05) is 6.92 Å². The molecule has 0 rings (SSSR count). The predicted molar refractivity (Wildman–Crippen MR) is 40.1 cm³/mol. The Labute approximate surface area is 68.8 Å². The van der Waals surface area contributed by atoms with Gasteiger partial charge >= 0.3 is 0 Å². The third kappa shape index (κ3) is 3.45. The highest BCUT2D eigenvalue weighted by molar-refractivity contribution is 5.92. The molecule has 6 nitrogen and oxygen atoms in total. The Bertz CT molecular complexity index is 263. The van der Waals surface area contributed by atoms with Crippen LogP contribution in [0.3, 0.4) is 0 Å². The maximum Gasteiger partial charge on any atom is 0.272 e. The fourth-order valence-electron chi connectivity index (χ4n) is 0.420. The summed E-state index contributed by atoms with van der Waals surface area (Å²) in [6, 6.07) is 0. The summed E-state index contributed by atoms with van der Waals surface area (Å²) in [6.07, 6.45) is 0. The van der Waals surface area contributed by atoms with Crippen LogP contribution < -0.4 is 5.73 Å². The molecule has 0 fully saturated rings. The summed E-state index contributed by atoms with van der Waals surface area (Å²) in [5.74, 6) is -1.87. The van der Waals surface area contributed by atoms with Crippen molar-refractivity contribution in [1.82, 2.24) is 0 Å². The number of hydrogen-bond donors (Lipinski definition) is 2. The highest BCUT2D eigenvalue weighted by Gasteiger charge is 2.07. The lowest BCUT2D eigenvalue weighted by Crippen LogP contribution is -2.14. The standard InChI is InChI=1S/C6H9N3O3/c1-3(10)5(6(7)12)9-8-4(2)11/h10H,1-2H3,(H2,7,12)/b5-3-,9-8?. The lowest BCUT2D eigenvalue weighted by molar-refractivity contribution is -0.116. The lowest BCUT2D eigenvalue weighted by Gasteiger charge is -1.94. The van der Waals surface area contributed by atoms with Gasteiger partial charge in [0.05, 0.1) is 0 Å². The van der Waals surface area contributed by atoms with Crippen molar-refractivity contribution in [2.75, 3.05) is 0 Å². The number of azo groups is 1. The summed E-state index contributed by atoms with van der Waals surface area (Å²) < 4.78 is 0. The Hall–Kier alpha value is -1.72. The van der Waals surface area contributed by atoms with Crippen LogP contribution in [0.4, 0.5) is 0 Å². The molecule has 0 aromatic heterocycles. The van der Waals surface area contributed by atoms with Crippen molar-refractivity contribution in [2.24, 2.45) is 16.0 Å². The summed E-state index contributed by atoms with van der Waals surface area (Å²) in [4.78, 5) is 20.8. The highest BCUT2D eigenvalue weighted by Crippen LogP contribution is 2.02. The first-order valence-corrected chi connectivity index (χ1v) is 3.07. The smallest absolute Gasteiger partial charge is 0.272 e. The Morgan fingerprint density at radius 3 is 2.00 bits per heavy atom. The second-order valence-corrected chi connectivity index (χ2v) is 2.02. The molecule has 0 radical (unpaired) electrons. The molecule has 0 aliphatic heterocycles. The number of carbonyl (C=O) groups is 2. The molecule has 66 valence electrons. The van der Waals surface area contributed by atoms with Crippen molar-refractivity contribution in [1.29, 1.82) is 0 Å². The number of nitrogens with zero attached hydrogens (tertiary/aromatic N) is 2. The van der Waals surface area contributed by atoms with E-state index in [1.54, 1.807) is 0 Å². The number of primary amides is 1. The summed E-state index contributed by atoms with van der Waals surface area (Å²) in [6.45, 7) is 2.38. The maximum absolute atomic E-state index is 10.5. The minimum absolute atomic E-state index is 0.368. The van der Waals surface area contributed by atoms with Crippen molar-refractivity contribution in [3.05, 3.63) is 11.5 Å². The van der Waals surface area contributed by atoms with E-state index in [1.165, 1.54) is 6.92 Å². The summed E-state index contributed by atoms with van der Waals surface area (Å²) in [5, 5.41) is 15.0. The van der Waals surface area contributed by atoms with Gasteiger partial charge in [-0.2, -0.15) is 0 Å². The average Bonchev–Trinajstić information content (AvgIpc) is 1.84. The molecule has 0 aromatic carbocycles. The van der Waals surface area contributed by atoms with Crippen LogP contribution >= 0.6 is 0 Å². The molecule has 0 saturated heterocycles. The molecule has 0 aliphatic carbocycles. The van der Waals surface area contributed by atoms with Crippen molar-refractivity contribution >= 4 is 11.8 Å². The van der Waals surface area contributed by atoms with Crippen LogP contribution in [0.5, 0.6) is 0 Å². The van der Waals surface area contributed by atoms with E-state index in [9.17, 15) is 9.59 Å². The highest BCUT2D eigenvalue weighted by atomic mass is 16.3. The predicted octanol–water partition coefficient (Wildman–Crippen LogP) is 0.260. The molecule has 12 heavy (non-hydrogen) atoms. The number of allylic oxidation sites excluding steroid dienone is 1. The monoisotopic (exact) mass is 171 g/mol. The molecule has 0 aromatic rings. The summed E-state index contributed by atoms with van der Waals surface area (Å²) in [7, 11) is 0. The van der Waals surface area contributed by atoms with Gasteiger partial charge in [0.15, 0.2) is 5.70 Å². The van der Waals surface area contributed by atoms with E-state index < -0.39 is 17.5 Å². The quantitative estimate of drug-likeness (QED) is 0.353. The molecular formula is C6H9N3O3. The van der Waals surface area contributed by atoms with Gasteiger partial charge in [0.1, 0.15) is 5.76 Å². The minimum atomic E-state index is -0.931. The van der Waals surface area contributed by atoms with Gasteiger partial charge in [-0.15, -0.1) is 10.2 Å². The normalized spacial score (nSPS) is 12.8. The largest absolute Gasteiger partial charge is 0.510 e. The van der Waals surface area contributed by atoms with Gasteiger partial charge in [-0.3, -0.25) is 9.59 Å². The number of aliphatic hydroxyl groups is 1. The van der Waals surface area contributed by atoms with Crippen LogP contribution in [0.2, 0.25) is 0 Å². The SMILES string of the molecule is CC(=O)N=N/C(C(N)=O)=C(/C)O. The van der Waals surface area contributed by atoms with Gasteiger partial charge in [0.25, 0.3) is 11.8 Å². The zero-order valence-corrected chi connectivity index (χ0v) is 6.74. The van der Waals surface area contributed by atoms with E-state index in [4.69, 9.17) is 10.8 Å². The Morgan fingerprint density at radius 2 is 1.75 bits per heavy atom. The fourth-order valence-corrected chi connectivity index (χ4v) is 0.420. The van der Waals surface area contributed by atoms with Crippen molar-refractivity contribution < 1.29 is 14.7 Å². The summed E-state index contributed by atoms with van der Waals surface area (Å²) >= 11 is 0. The fraction of sp³-hybridized carbons (Fsp3) is 0.333. The van der Waals surface area contributed by atoms with E-state index in [2.05, 4.69) is 10.2 Å². The molecule has 0 bridgehead atoms. The van der Waals surface area contributed by atoms with Gasteiger partial charge in [-0.05, 0) is 6.92 Å². The number of nitrogens with two attached hydrogens (primary N) is 1. The van der Waals surface area contributed by atoms with Gasteiger partial charge in [-0.1, -0.05) is 0 Å². The van der Waals surface area contributed by atoms with Gasteiger partial charge < -0.3 is 10.8 Å². The molecule has 0 saturated carbocycles. The van der Waals surface area contributed by atoms with Crippen LogP contribution in [0.1, 0.15) is 13.8 Å². The van der Waals surface area contributed by atoms with E-state index in [-0.39, 0.29) is 5.76 Å². The number of carbonyl (C=O) groups excluding carboxylic acids is 2. The van der Waals surface area contributed by atoms with E-state index in [0.29, 0.717) is 0 Å². The van der Waals surface area contributed by atoms with Crippen LogP contribution in [-0.4, -0.2) is 16.9 Å². The first-order chi connectivity index (χ1) is 5.45. The van der Waals surface area contributed by atoms with Crippen LogP contribution in [0, 0.1) is 0 Å². The van der Waals surface area contributed by atoms with E-state index in [1.807, 2.05) is 0 Å². The first kappa shape index (κ1) is 10.3. The Morgan fingerprint density at radius 1 is 1.25 bits per heavy atom. The molecule has 2 amide bonds. The molecule has 0 atom stereocenters. The third-order valence-electron chi connectivity index (χ3n) is 0.867. The number of rotatable bonds is 2. The van der Waals surface area contributed by atoms with Crippen LogP contribution in [-0.2, 0) is 9.59 Å². The van der Waals surface area contributed by atoms with Crippen LogP contribution in [0.25, 0.3) is 0 Å². The summed E-state index contributed by atoms with van der Waals surface area (Å²) in [5.41, 5.74) is 4.39. The van der Waals surface area contributed by atoms with Gasteiger partial charge in [0.2, 0.25) is 0 Å². The van der Waals surface area contributed by atoms with Crippen molar-refractivity contribution in [3.63, 3.8) is 0 Å². The second kappa shape index (κ2) is 4.22. The number of aliphatic hydroxyl groups excluding tert-OH is 1. The minimum Gasteiger partial charge on any atom is -0.510 e. The number of amides is 2. The molecule has 3 N–H and O–H groups in total.